The largest absolute Gasteiger partial charge is 0.387 e. The molecule has 0 fully saturated rings. The Morgan fingerprint density at radius 2 is 1.54 bits per heavy atom. The summed E-state index contributed by atoms with van der Waals surface area (Å²) in [6.07, 6.45) is 1.55. The maximum atomic E-state index is 11.5. The van der Waals surface area contributed by atoms with Gasteiger partial charge in [-0.25, -0.2) is 8.42 Å². The van der Waals surface area contributed by atoms with Gasteiger partial charge in [0.05, 0.1) is 11.0 Å². The van der Waals surface area contributed by atoms with Crippen LogP contribution in [-0.4, -0.2) is 38.3 Å². The Hall–Kier alpha value is -1.69. The van der Waals surface area contributed by atoms with Crippen LogP contribution in [0, 0.1) is 0 Å². The van der Waals surface area contributed by atoms with Crippen molar-refractivity contribution in [2.45, 2.75) is 30.9 Å². The number of benzene rings is 2. The molecule has 2 aromatic carbocycles. The molecule has 0 aromatic heterocycles. The van der Waals surface area contributed by atoms with Gasteiger partial charge >= 0.3 is 0 Å². The molecule has 0 saturated heterocycles. The second-order valence-corrected chi connectivity index (χ2v) is 8.24. The van der Waals surface area contributed by atoms with E-state index in [0.29, 0.717) is 6.54 Å². The number of sulfone groups is 1. The molecule has 0 aliphatic rings. The van der Waals surface area contributed by atoms with E-state index in [9.17, 15) is 13.5 Å². The van der Waals surface area contributed by atoms with Crippen molar-refractivity contribution in [1.29, 1.82) is 0 Å². The average Bonchev–Trinajstić information content (AvgIpc) is 2.54. The van der Waals surface area contributed by atoms with Crippen LogP contribution in [0.3, 0.4) is 0 Å². The van der Waals surface area contributed by atoms with Gasteiger partial charge in [-0.05, 0) is 42.3 Å². The Kier molecular flexibility index (Phi) is 6.15. The molecule has 5 heteroatoms. The lowest BCUT2D eigenvalue weighted by atomic mass is 10.1. The summed E-state index contributed by atoms with van der Waals surface area (Å²) in [5.41, 5.74) is 3.23. The lowest BCUT2D eigenvalue weighted by Crippen LogP contribution is -2.24. The van der Waals surface area contributed by atoms with Crippen molar-refractivity contribution in [3.05, 3.63) is 65.2 Å². The van der Waals surface area contributed by atoms with Gasteiger partial charge in [0.15, 0.2) is 9.84 Å². The van der Waals surface area contributed by atoms with Crippen molar-refractivity contribution in [3.63, 3.8) is 0 Å². The number of hydrogen-bond acceptors (Lipinski definition) is 4. The Labute approximate surface area is 144 Å². The third-order valence-electron chi connectivity index (χ3n) is 4.06. The van der Waals surface area contributed by atoms with E-state index < -0.39 is 15.9 Å². The number of likely N-dealkylation sites (N-methyl/N-ethyl adjacent to an activating group) is 1. The molecule has 0 amide bonds. The predicted molar refractivity (Wildman–Crippen MR) is 96.7 cm³/mol. The monoisotopic (exact) mass is 347 g/mol. The van der Waals surface area contributed by atoms with E-state index in [2.05, 4.69) is 36.1 Å². The molecular formula is C19H25NO3S. The standard InChI is InChI=1S/C19H25NO3S/c1-4-15-5-7-16(8-6-15)13-20(2)14-19(21)17-9-11-18(12-10-17)24(3,22)23/h5-12,19,21H,4,13-14H2,1-3H3. The van der Waals surface area contributed by atoms with Crippen molar-refractivity contribution in [2.24, 2.45) is 0 Å². The predicted octanol–water partition coefficient (Wildman–Crippen LogP) is 2.82. The molecule has 0 aliphatic carbocycles. The van der Waals surface area contributed by atoms with E-state index in [1.165, 1.54) is 29.5 Å². The van der Waals surface area contributed by atoms with E-state index in [0.717, 1.165) is 18.5 Å². The van der Waals surface area contributed by atoms with Crippen molar-refractivity contribution in [2.75, 3.05) is 19.8 Å². The maximum Gasteiger partial charge on any atom is 0.175 e. The Morgan fingerprint density at radius 3 is 2.04 bits per heavy atom. The smallest absolute Gasteiger partial charge is 0.175 e. The highest BCUT2D eigenvalue weighted by atomic mass is 32.2. The number of nitrogens with zero attached hydrogens (tertiary/aromatic N) is 1. The second kappa shape index (κ2) is 7.92. The summed E-state index contributed by atoms with van der Waals surface area (Å²) in [7, 11) is -1.25. The first-order valence-corrected chi connectivity index (χ1v) is 9.93. The fourth-order valence-electron chi connectivity index (χ4n) is 2.59. The normalized spacial score (nSPS) is 13.2. The highest BCUT2D eigenvalue weighted by Gasteiger charge is 2.13. The summed E-state index contributed by atoms with van der Waals surface area (Å²) >= 11 is 0. The average molecular weight is 347 g/mol. The molecule has 2 rings (SSSR count). The van der Waals surface area contributed by atoms with Gasteiger partial charge in [-0.3, -0.25) is 4.90 Å². The van der Waals surface area contributed by atoms with Crippen LogP contribution >= 0.6 is 0 Å². The zero-order valence-electron chi connectivity index (χ0n) is 14.4. The molecule has 130 valence electrons. The van der Waals surface area contributed by atoms with Crippen LogP contribution in [0.1, 0.15) is 29.7 Å². The first-order chi connectivity index (χ1) is 11.3. The Bertz CT molecular complexity index is 752. The van der Waals surface area contributed by atoms with E-state index >= 15 is 0 Å². The molecule has 0 bridgehead atoms. The Morgan fingerprint density at radius 1 is 1.00 bits per heavy atom. The summed E-state index contributed by atoms with van der Waals surface area (Å²) < 4.78 is 22.9. The zero-order chi connectivity index (χ0) is 17.7. The Balaban J connectivity index is 1.96. The second-order valence-electron chi connectivity index (χ2n) is 6.22. The molecule has 0 saturated carbocycles. The first-order valence-electron chi connectivity index (χ1n) is 8.04. The van der Waals surface area contributed by atoms with Gasteiger partial charge in [0.1, 0.15) is 0 Å². The lowest BCUT2D eigenvalue weighted by Gasteiger charge is -2.21. The number of aryl methyl sites for hydroxylation is 1. The number of aliphatic hydroxyl groups is 1. The van der Waals surface area contributed by atoms with Gasteiger partial charge in [-0.2, -0.15) is 0 Å². The van der Waals surface area contributed by atoms with Crippen LogP contribution in [0.15, 0.2) is 53.4 Å². The van der Waals surface area contributed by atoms with Gasteiger partial charge in [0.25, 0.3) is 0 Å². The van der Waals surface area contributed by atoms with E-state index in [-0.39, 0.29) is 4.90 Å². The van der Waals surface area contributed by atoms with Crippen LogP contribution < -0.4 is 0 Å². The molecule has 0 radical (unpaired) electrons. The van der Waals surface area contributed by atoms with Gasteiger partial charge in [0, 0.05) is 19.3 Å². The third-order valence-corrected chi connectivity index (χ3v) is 5.19. The highest BCUT2D eigenvalue weighted by molar-refractivity contribution is 7.90. The van der Waals surface area contributed by atoms with Gasteiger partial charge in [0.2, 0.25) is 0 Å². The van der Waals surface area contributed by atoms with Gasteiger partial charge in [-0.1, -0.05) is 43.3 Å². The highest BCUT2D eigenvalue weighted by Crippen LogP contribution is 2.18. The molecule has 0 heterocycles. The zero-order valence-corrected chi connectivity index (χ0v) is 15.3. The lowest BCUT2D eigenvalue weighted by molar-refractivity contribution is 0.124. The number of rotatable bonds is 7. The van der Waals surface area contributed by atoms with Gasteiger partial charge in [-0.15, -0.1) is 0 Å². The van der Waals surface area contributed by atoms with Crippen LogP contribution in [0.4, 0.5) is 0 Å². The molecule has 4 nitrogen and oxygen atoms in total. The van der Waals surface area contributed by atoms with Crippen molar-refractivity contribution in [1.82, 2.24) is 4.90 Å². The molecule has 1 unspecified atom stereocenters. The van der Waals surface area contributed by atoms with Crippen LogP contribution in [0.25, 0.3) is 0 Å². The summed E-state index contributed by atoms with van der Waals surface area (Å²) in [5, 5.41) is 10.4. The third kappa shape index (κ3) is 5.16. The molecule has 2 aromatic rings. The number of hydrogen-bond donors (Lipinski definition) is 1. The van der Waals surface area contributed by atoms with Crippen LogP contribution in [0.2, 0.25) is 0 Å². The minimum absolute atomic E-state index is 0.266. The van der Waals surface area contributed by atoms with E-state index in [1.807, 2.05) is 7.05 Å². The SMILES string of the molecule is CCc1ccc(CN(C)CC(O)c2ccc(S(C)(=O)=O)cc2)cc1. The molecule has 1 atom stereocenters. The molecule has 24 heavy (non-hydrogen) atoms. The van der Waals surface area contributed by atoms with Crippen LogP contribution in [-0.2, 0) is 22.8 Å². The molecule has 0 aliphatic heterocycles. The summed E-state index contributed by atoms with van der Waals surface area (Å²) in [5.74, 6) is 0. The molecular weight excluding hydrogens is 322 g/mol. The number of aliphatic hydroxyl groups excluding tert-OH is 1. The minimum atomic E-state index is -3.21. The van der Waals surface area contributed by atoms with E-state index in [1.54, 1.807) is 12.1 Å². The molecule has 1 N–H and O–H groups in total. The van der Waals surface area contributed by atoms with Gasteiger partial charge < -0.3 is 5.11 Å². The molecule has 0 spiro atoms. The van der Waals surface area contributed by atoms with Crippen LogP contribution in [0.5, 0.6) is 0 Å². The minimum Gasteiger partial charge on any atom is -0.387 e. The maximum absolute atomic E-state index is 11.5. The van der Waals surface area contributed by atoms with Crippen molar-refractivity contribution >= 4 is 9.84 Å². The van der Waals surface area contributed by atoms with Crippen molar-refractivity contribution in [3.8, 4) is 0 Å². The fourth-order valence-corrected chi connectivity index (χ4v) is 3.22. The first kappa shape index (κ1) is 18.6. The topological polar surface area (TPSA) is 57.6 Å². The quantitative estimate of drug-likeness (QED) is 0.837. The summed E-state index contributed by atoms with van der Waals surface area (Å²) in [6, 6.07) is 14.9. The summed E-state index contributed by atoms with van der Waals surface area (Å²) in [6.45, 7) is 3.36. The summed E-state index contributed by atoms with van der Waals surface area (Å²) in [4.78, 5) is 2.32. The van der Waals surface area contributed by atoms with E-state index in [4.69, 9.17) is 0 Å². The fraction of sp³-hybridized carbons (Fsp3) is 0.368. The van der Waals surface area contributed by atoms with Crippen molar-refractivity contribution < 1.29 is 13.5 Å².